The fraction of sp³-hybridized carbons (Fsp3) is 0.222. The molecule has 0 atom stereocenters. The molecule has 6 heterocycles. The molecule has 0 amide bonds. The smallest absolute Gasteiger partial charge is 0.267 e. The number of aromatic nitrogens is 6. The first-order chi connectivity index (χ1) is 31.8. The Morgan fingerprint density at radius 1 is 0.250 bits per heavy atom. The summed E-state index contributed by atoms with van der Waals surface area (Å²) in [5.74, 6) is 0. The van der Waals surface area contributed by atoms with Crippen LogP contribution in [0, 0.1) is 83.1 Å². The van der Waals surface area contributed by atoms with Gasteiger partial charge in [0.15, 0.2) is 0 Å². The zero-order valence-electron chi connectivity index (χ0n) is 41.3. The summed E-state index contributed by atoms with van der Waals surface area (Å²) in [5.41, 5.74) is 13.1. The fourth-order valence-electron chi connectivity index (χ4n) is 9.43. The van der Waals surface area contributed by atoms with Gasteiger partial charge >= 0.3 is 29.6 Å². The van der Waals surface area contributed by atoms with Crippen molar-refractivity contribution in [2.75, 3.05) is 0 Å². The third-order valence-corrected chi connectivity index (χ3v) is 14.0. The van der Waals surface area contributed by atoms with E-state index < -0.39 is 6.15 Å². The van der Waals surface area contributed by atoms with Crippen molar-refractivity contribution in [3.63, 3.8) is 0 Å². The second-order valence-corrected chi connectivity index (χ2v) is 17.5. The molecule has 0 unspecified atom stereocenters. The van der Waals surface area contributed by atoms with Gasteiger partial charge in [0.1, 0.15) is 6.15 Å². The average molecular weight is 919 g/mol. The number of benzene rings is 4. The van der Waals surface area contributed by atoms with E-state index in [1.807, 2.05) is 41.5 Å². The normalized spacial score (nSPS) is 11.2. The monoisotopic (exact) mass is 918 g/mol. The Morgan fingerprint density at radius 3 is 0.529 bits per heavy atom. The van der Waals surface area contributed by atoms with Crippen LogP contribution >= 0.6 is 0 Å². The maximum atomic E-state index is 11.7. The Hall–Kier alpha value is -6.80. The number of hydrogen-bond acceptors (Lipinski definition) is 6. The van der Waals surface area contributed by atoms with Gasteiger partial charge in [-0.2, -0.15) is 35.4 Å². The van der Waals surface area contributed by atoms with Gasteiger partial charge in [-0.25, -0.2) is 0 Å². The number of rotatable bonds is 4. The fourth-order valence-corrected chi connectivity index (χ4v) is 9.43. The van der Waals surface area contributed by atoms with Crippen molar-refractivity contribution in [3.05, 3.63) is 251 Å². The van der Waals surface area contributed by atoms with E-state index in [0.29, 0.717) is 33.4 Å². The van der Waals surface area contributed by atoms with Gasteiger partial charge in [0.2, 0.25) is 0 Å². The number of fused-ring (bicyclic) bond motifs is 3. The van der Waals surface area contributed by atoms with Crippen LogP contribution in [0.5, 0.6) is 0 Å². The summed E-state index contributed by atoms with van der Waals surface area (Å²) >= 11 is 0. The molecule has 0 bridgehead atoms. The summed E-state index contributed by atoms with van der Waals surface area (Å²) in [6.45, 7) is 21.6. The summed E-state index contributed by atoms with van der Waals surface area (Å²) in [4.78, 5) is 70.1. The van der Waals surface area contributed by atoms with Crippen molar-refractivity contribution >= 4 is 28.0 Å². The third kappa shape index (κ3) is 8.12. The predicted octanol–water partition coefficient (Wildman–Crippen LogP) is 1.36. The molecule has 342 valence electrons. The molecule has 12 nitrogen and oxygen atoms in total. The molecule has 0 saturated carbocycles. The third-order valence-electron chi connectivity index (χ3n) is 14.0. The quantitative estimate of drug-likeness (QED) is 0.246. The van der Waals surface area contributed by atoms with Crippen molar-refractivity contribution in [3.8, 4) is 0 Å². The Labute approximate surface area is 416 Å². The van der Waals surface area contributed by atoms with Crippen molar-refractivity contribution in [1.82, 2.24) is 27.1 Å². The maximum Gasteiger partial charge on any atom is 1.00 e. The Balaban J connectivity index is 0.000000155. The molecule has 0 spiro atoms. The average Bonchev–Trinajstić information content (AvgIpc) is 4.04. The minimum Gasteiger partial charge on any atom is -0.267 e. The molecule has 6 aromatic heterocycles. The minimum absolute atomic E-state index is 0. The van der Waals surface area contributed by atoms with E-state index >= 15 is 0 Å². The zero-order valence-corrected chi connectivity index (χ0v) is 43.3. The second-order valence-electron chi connectivity index (χ2n) is 17.5. The van der Waals surface area contributed by atoms with E-state index in [2.05, 4.69) is 121 Å². The number of hydrogen-bond donors (Lipinski definition) is 0. The summed E-state index contributed by atoms with van der Waals surface area (Å²) in [6.07, 6.45) is -1.22. The molecule has 0 aliphatic rings. The molecular weight excluding hydrogens is 862 g/mol. The van der Waals surface area contributed by atoms with Crippen molar-refractivity contribution in [2.24, 2.45) is 0 Å². The van der Waals surface area contributed by atoms with E-state index in [-0.39, 0.29) is 62.9 Å². The predicted molar refractivity (Wildman–Crippen MR) is 271 cm³/mol. The van der Waals surface area contributed by atoms with Crippen LogP contribution in [0.15, 0.2) is 150 Å². The van der Waals surface area contributed by atoms with Crippen LogP contribution in [-0.4, -0.2) is 33.2 Å². The molecule has 10 aromatic rings. The van der Waals surface area contributed by atoms with Crippen LogP contribution < -0.4 is 84.8 Å². The van der Waals surface area contributed by atoms with Crippen LogP contribution in [0.25, 0.3) is 0 Å². The molecule has 0 N–H and O–H groups in total. The van der Waals surface area contributed by atoms with Gasteiger partial charge in [-0.05, 0) is 83.1 Å². The Bertz CT molecular complexity index is 3200. The van der Waals surface area contributed by atoms with Crippen molar-refractivity contribution in [1.29, 1.82) is 0 Å². The Morgan fingerprint density at radius 2 is 0.397 bits per heavy atom. The van der Waals surface area contributed by atoms with E-state index in [4.69, 9.17) is 0 Å². The van der Waals surface area contributed by atoms with Gasteiger partial charge < -0.3 is 0 Å². The minimum atomic E-state index is -1.22. The second kappa shape index (κ2) is 19.8. The van der Waals surface area contributed by atoms with E-state index in [9.17, 15) is 28.8 Å². The molecule has 10 rings (SSSR count). The van der Waals surface area contributed by atoms with Gasteiger partial charge in [-0.15, -0.1) is 0 Å². The molecule has 68 heavy (non-hydrogen) atoms. The molecular formula is C54H56BN6NaO6. The largest absolute Gasteiger partial charge is 1.00 e. The molecule has 0 radical (unpaired) electrons. The van der Waals surface area contributed by atoms with E-state index in [1.165, 1.54) is 35.4 Å². The van der Waals surface area contributed by atoms with Crippen LogP contribution in [0.1, 0.15) is 67.5 Å². The van der Waals surface area contributed by atoms with Gasteiger partial charge in [0.05, 0.1) is 0 Å². The first-order valence-corrected chi connectivity index (χ1v) is 22.3. The summed E-state index contributed by atoms with van der Waals surface area (Å²) in [7, 11) is 0. The molecule has 0 aliphatic carbocycles. The molecule has 0 fully saturated rings. The van der Waals surface area contributed by atoms with E-state index in [1.54, 1.807) is 55.1 Å². The Kier molecular flexibility index (Phi) is 14.7. The van der Waals surface area contributed by atoms with E-state index in [0.717, 1.165) is 34.2 Å². The number of aryl methyl sites for hydroxylation is 6. The standard InChI is InChI=1S/C24H20B.3C10H12N2O2.Na/c1-5-13-21(14-6-1)25(22-15-7-2-8-16-22,23-17-9-3-10-18-23)24-19-11-4-12-20-24;3*1-5-7(3)11-8(4)6(2)10(14)12(11)9(5)13;/h1-20H;3*1-4H3;/q-1;;;;+1. The SMILES string of the molecule is Cc1c(C)n2c(C)c(C)c(=O)n2c1=O.Cc1c(C)n2c(C)c(C)c(=O)n2c1=O.Cc1c(C)n2c(C)c(C)c(=O)n2c1=O.[Na+].c1ccc([B-](c2ccccc2)(c2ccccc2)c2ccccc2)cc1. The first kappa shape index (κ1) is 50.6. The topological polar surface area (TPSA) is 129 Å². The maximum absolute atomic E-state index is 11.7. The summed E-state index contributed by atoms with van der Waals surface area (Å²) in [6, 6.07) is 43.5. The zero-order chi connectivity index (χ0) is 48.8. The molecule has 0 saturated heterocycles. The molecule has 0 aliphatic heterocycles. The van der Waals surface area contributed by atoms with Gasteiger partial charge in [0.25, 0.3) is 33.4 Å². The molecule has 14 heteroatoms. The summed E-state index contributed by atoms with van der Waals surface area (Å²) in [5, 5.41) is 0. The van der Waals surface area contributed by atoms with Crippen LogP contribution in [0.3, 0.4) is 0 Å². The molecule has 4 aromatic carbocycles. The summed E-state index contributed by atoms with van der Waals surface area (Å²) < 4.78 is 8.68. The first-order valence-electron chi connectivity index (χ1n) is 22.3. The van der Waals surface area contributed by atoms with Gasteiger partial charge in [-0.3, -0.25) is 42.3 Å². The van der Waals surface area contributed by atoms with Crippen molar-refractivity contribution < 1.29 is 29.6 Å². The van der Waals surface area contributed by atoms with Crippen LogP contribution in [0.4, 0.5) is 0 Å². The number of nitrogens with zero attached hydrogens (tertiary/aromatic N) is 6. The van der Waals surface area contributed by atoms with Crippen LogP contribution in [-0.2, 0) is 0 Å². The van der Waals surface area contributed by atoms with Crippen molar-refractivity contribution in [2.45, 2.75) is 83.1 Å². The van der Waals surface area contributed by atoms with Gasteiger partial charge in [-0.1, -0.05) is 121 Å². The van der Waals surface area contributed by atoms with Crippen LogP contribution in [0.2, 0.25) is 0 Å². The van der Waals surface area contributed by atoms with Gasteiger partial charge in [0, 0.05) is 67.5 Å².